The number of nitrogens with zero attached hydrogens (tertiary/aromatic N) is 4. The molecule has 0 atom stereocenters. The second-order valence-corrected chi connectivity index (χ2v) is 4.64. The van der Waals surface area contributed by atoms with Gasteiger partial charge in [0.05, 0.1) is 0 Å². The molecule has 0 spiro atoms. The van der Waals surface area contributed by atoms with Crippen molar-refractivity contribution in [1.29, 1.82) is 0 Å². The molecule has 4 aromatic heterocycles. The molecule has 0 aliphatic heterocycles. The van der Waals surface area contributed by atoms with Crippen molar-refractivity contribution in [2.45, 2.75) is 0 Å². The Morgan fingerprint density at radius 3 is 0.667 bits per heavy atom. The van der Waals surface area contributed by atoms with Gasteiger partial charge in [-0.15, -0.1) is 0 Å². The van der Waals surface area contributed by atoms with Crippen LogP contribution in [0.4, 0.5) is 0 Å². The van der Waals surface area contributed by atoms with E-state index >= 15 is 0 Å². The zero-order chi connectivity index (χ0) is 28.0. The fourth-order valence-corrected chi connectivity index (χ4v) is 1.20. The summed E-state index contributed by atoms with van der Waals surface area (Å²) < 4.78 is 0. The topological polar surface area (TPSA) is 175 Å². The first-order valence-corrected chi connectivity index (χ1v) is 9.38. The molecule has 0 saturated heterocycles. The van der Waals surface area contributed by atoms with Crippen molar-refractivity contribution >= 4 is 25.9 Å². The van der Waals surface area contributed by atoms with Crippen LogP contribution in [0.25, 0.3) is 0 Å². The van der Waals surface area contributed by atoms with Gasteiger partial charge in [-0.25, -0.2) is 0 Å². The minimum atomic E-state index is 0. The minimum Gasteiger partial charge on any atom is -0.495 e. The molecule has 4 heterocycles. The standard InChI is InChI=1S/4C5H4N.2C2O5.4Cu/c4*1-2-4-6-5-3-1;2*3-1-5-7-6-2-4;;;;/h4*1-4H;;;;;;/q4*-1;2*-2;4*+2. The van der Waals surface area contributed by atoms with E-state index in [2.05, 4.69) is 74.4 Å². The second kappa shape index (κ2) is 53.7. The van der Waals surface area contributed by atoms with Crippen molar-refractivity contribution < 1.29 is 117 Å². The van der Waals surface area contributed by atoms with Gasteiger partial charge in [0.15, 0.2) is 0 Å². The van der Waals surface area contributed by atoms with E-state index in [-0.39, 0.29) is 68.3 Å². The molecule has 4 aromatic rings. The molecule has 0 N–H and O–H groups in total. The smallest absolute Gasteiger partial charge is 0.495 e. The molecule has 0 bridgehead atoms. The Morgan fingerprint density at radius 2 is 0.595 bits per heavy atom. The molecule has 0 saturated carbocycles. The van der Waals surface area contributed by atoms with Gasteiger partial charge in [-0.05, 0) is 36.0 Å². The molecule has 0 aromatic carbocycles. The largest absolute Gasteiger partial charge is 2.00 e. The fourth-order valence-electron chi connectivity index (χ4n) is 1.20. The van der Waals surface area contributed by atoms with Crippen LogP contribution >= 0.6 is 0 Å². The third kappa shape index (κ3) is 56.6. The Bertz CT molecular complexity index is 713. The third-order valence-corrected chi connectivity index (χ3v) is 2.34. The van der Waals surface area contributed by atoms with Gasteiger partial charge < -0.3 is 58.7 Å². The van der Waals surface area contributed by atoms with Crippen molar-refractivity contribution in [1.82, 2.24) is 19.9 Å². The molecule has 0 unspecified atom stereocenters. The summed E-state index contributed by atoms with van der Waals surface area (Å²) in [5, 5.41) is 6.57. The van der Waals surface area contributed by atoms with E-state index in [9.17, 15) is 0 Å². The van der Waals surface area contributed by atoms with E-state index in [0.29, 0.717) is 0 Å². The first kappa shape index (κ1) is 51.2. The monoisotopic (exact) mass is 772 g/mol. The van der Waals surface area contributed by atoms with Crippen molar-refractivity contribution in [2.24, 2.45) is 0 Å². The van der Waals surface area contributed by atoms with Gasteiger partial charge in [0.2, 0.25) is 0 Å². The van der Waals surface area contributed by atoms with Crippen molar-refractivity contribution in [3.8, 4) is 0 Å². The first-order chi connectivity index (χ1) is 18.8. The maximum absolute atomic E-state index is 9.00. The molecule has 4 radical (unpaired) electrons. The predicted octanol–water partition coefficient (Wildman–Crippen LogP) is 1.52. The zero-order valence-electron chi connectivity index (χ0n) is 20.3. The molecule has 0 aliphatic rings. The van der Waals surface area contributed by atoms with Crippen LogP contribution in [0, 0.1) is 24.8 Å². The normalized spacial score (nSPS) is 6.86. The number of rotatable bonds is 8. The Balaban J connectivity index is -0.0000000909. The second-order valence-electron chi connectivity index (χ2n) is 4.64. The molecule has 0 aliphatic carbocycles. The summed E-state index contributed by atoms with van der Waals surface area (Å²) in [4.78, 5) is 63.8. The van der Waals surface area contributed by atoms with E-state index in [0.717, 1.165) is 25.9 Å². The molecule has 18 heteroatoms. The number of hydrogen-bond acceptors (Lipinski definition) is 14. The van der Waals surface area contributed by atoms with Gasteiger partial charge in [0, 0.05) is 0 Å². The summed E-state index contributed by atoms with van der Waals surface area (Å²) >= 11 is 0. The molecular formula is C24H16Cu4N4O10. The van der Waals surface area contributed by atoms with Crippen LogP contribution in [0.5, 0.6) is 0 Å². The first-order valence-electron chi connectivity index (χ1n) is 9.38. The van der Waals surface area contributed by atoms with Gasteiger partial charge in [-0.1, -0.05) is 49.6 Å². The quantitative estimate of drug-likeness (QED) is 0.0829. The summed E-state index contributed by atoms with van der Waals surface area (Å²) in [6.07, 6.45) is 17.3. The van der Waals surface area contributed by atoms with Gasteiger partial charge in [0.1, 0.15) is 0 Å². The molecule has 236 valence electrons. The molecule has 0 fully saturated rings. The summed E-state index contributed by atoms with van der Waals surface area (Å²) in [7, 11) is 0. The maximum atomic E-state index is 9.00. The summed E-state index contributed by atoms with van der Waals surface area (Å²) in [5.74, 6) is 0. The van der Waals surface area contributed by atoms with E-state index in [1.165, 1.54) is 0 Å². The molecule has 0 amide bonds. The van der Waals surface area contributed by atoms with Crippen molar-refractivity contribution in [3.05, 3.63) is 122 Å². The molecule has 14 nitrogen and oxygen atoms in total. The van der Waals surface area contributed by atoms with Crippen LogP contribution in [0.1, 0.15) is 0 Å². The zero-order valence-corrected chi connectivity index (χ0v) is 24.1. The van der Waals surface area contributed by atoms with Crippen LogP contribution in [-0.2, 0) is 117 Å². The average Bonchev–Trinajstić information content (AvgIpc) is 3.03. The Hall–Kier alpha value is -3.52. The van der Waals surface area contributed by atoms with Gasteiger partial charge >= 0.3 is 68.3 Å². The maximum Gasteiger partial charge on any atom is 2.00 e. The summed E-state index contributed by atoms with van der Waals surface area (Å²) in [6, 6.07) is 22.0. The van der Waals surface area contributed by atoms with Gasteiger partial charge in [0.25, 0.3) is 0 Å². The van der Waals surface area contributed by atoms with Crippen LogP contribution in [0.15, 0.2) is 97.6 Å². The van der Waals surface area contributed by atoms with Crippen LogP contribution in [0.2, 0.25) is 0 Å². The van der Waals surface area contributed by atoms with Crippen LogP contribution < -0.4 is 0 Å². The van der Waals surface area contributed by atoms with Crippen molar-refractivity contribution in [2.75, 3.05) is 0 Å². The number of pyridine rings is 4. The SMILES string of the molecule is O=[C-]OOO[C-]=O.O=[C-]OOO[C-]=O.[Cu+2].[Cu+2].[Cu+2].[Cu+2].[c-]1ccccn1.[c-]1ccccn1.[c-]1ccccn1.[c-]1ccccn1. The van der Waals surface area contributed by atoms with Crippen LogP contribution in [-0.4, -0.2) is 45.8 Å². The summed E-state index contributed by atoms with van der Waals surface area (Å²) in [6.45, 7) is 3.31. The Kier molecular flexibility index (Phi) is 65.5. The Labute approximate surface area is 283 Å². The van der Waals surface area contributed by atoms with Gasteiger partial charge in [-0.2, -0.15) is 72.8 Å². The summed E-state index contributed by atoms with van der Waals surface area (Å²) in [5.41, 5.74) is 0. The number of carbonyl (C=O) groups excluding carboxylic acids is 4. The van der Waals surface area contributed by atoms with Crippen molar-refractivity contribution in [3.63, 3.8) is 0 Å². The predicted molar refractivity (Wildman–Crippen MR) is 122 cm³/mol. The molecular weight excluding hydrogens is 758 g/mol. The minimum absolute atomic E-state index is 0. The van der Waals surface area contributed by atoms with E-state index in [1.807, 2.05) is 48.5 Å². The van der Waals surface area contributed by atoms with Crippen LogP contribution in [0.3, 0.4) is 0 Å². The van der Waals surface area contributed by atoms with E-state index in [1.54, 1.807) is 49.1 Å². The van der Waals surface area contributed by atoms with E-state index < -0.39 is 0 Å². The Morgan fingerprint density at radius 1 is 0.381 bits per heavy atom. The third-order valence-electron chi connectivity index (χ3n) is 2.34. The van der Waals surface area contributed by atoms with E-state index in [4.69, 9.17) is 19.2 Å². The van der Waals surface area contributed by atoms with Gasteiger partial charge in [-0.3, -0.25) is 0 Å². The average molecular weight is 775 g/mol. The fraction of sp³-hybridized carbons (Fsp3) is 0. The number of aromatic nitrogens is 4. The molecule has 4 rings (SSSR count). The molecule has 42 heavy (non-hydrogen) atoms. The number of hydrogen-bond donors (Lipinski definition) is 0.